The van der Waals surface area contributed by atoms with Crippen LogP contribution in [0, 0.1) is 11.8 Å². The number of rotatable bonds is 5. The van der Waals surface area contributed by atoms with E-state index in [1.165, 1.54) is 68.2 Å². The van der Waals surface area contributed by atoms with Gasteiger partial charge in [-0.3, -0.25) is 4.98 Å². The number of pyridine rings is 1. The molecule has 3 aromatic rings. The van der Waals surface area contributed by atoms with Crippen molar-refractivity contribution in [3.05, 3.63) is 72.4 Å². The smallest absolute Gasteiger partial charge is 0.0711 e. The summed E-state index contributed by atoms with van der Waals surface area (Å²) < 4.78 is 0. The lowest BCUT2D eigenvalue weighted by atomic mass is 9.57. The van der Waals surface area contributed by atoms with E-state index in [-0.39, 0.29) is 5.41 Å². The van der Waals surface area contributed by atoms with Crippen LogP contribution in [0.4, 0.5) is 5.69 Å². The summed E-state index contributed by atoms with van der Waals surface area (Å²) in [4.78, 5) is 5.35. The second-order valence-corrected chi connectivity index (χ2v) is 9.95. The van der Waals surface area contributed by atoms with E-state index in [9.17, 15) is 0 Å². The molecule has 0 aliphatic heterocycles. The highest BCUT2D eigenvalue weighted by atomic mass is 14.8. The predicted molar refractivity (Wildman–Crippen MR) is 131 cm³/mol. The lowest BCUT2D eigenvalue weighted by Gasteiger charge is -2.48. The number of hydrogen-bond donors (Lipinski definition) is 1. The lowest BCUT2D eigenvalue weighted by molar-refractivity contribution is 0.0949. The third-order valence-corrected chi connectivity index (χ3v) is 7.67. The zero-order valence-electron chi connectivity index (χ0n) is 18.7. The molecule has 1 aromatic heterocycles. The molecule has 2 saturated carbocycles. The molecule has 3 atom stereocenters. The van der Waals surface area contributed by atoms with E-state index in [0.29, 0.717) is 0 Å². The maximum absolute atomic E-state index is 5.96. The molecule has 0 amide bonds. The second-order valence-electron chi connectivity index (χ2n) is 9.95. The highest BCUT2D eigenvalue weighted by molar-refractivity contribution is 5.72. The van der Waals surface area contributed by atoms with Gasteiger partial charge in [0.25, 0.3) is 0 Å². The largest absolute Gasteiger partial charge is 0.399 e. The van der Waals surface area contributed by atoms with Gasteiger partial charge in [-0.1, -0.05) is 75.1 Å². The maximum atomic E-state index is 5.96. The van der Waals surface area contributed by atoms with E-state index in [1.807, 2.05) is 12.1 Å². The minimum absolute atomic E-state index is 0.244. The van der Waals surface area contributed by atoms with E-state index >= 15 is 0 Å². The van der Waals surface area contributed by atoms with Gasteiger partial charge in [-0.2, -0.15) is 0 Å². The van der Waals surface area contributed by atoms with Gasteiger partial charge in [-0.05, 0) is 72.9 Å². The molecule has 0 saturated heterocycles. The normalized spacial score (nSPS) is 25.3. The fourth-order valence-corrected chi connectivity index (χ4v) is 6.35. The number of anilines is 1. The first-order chi connectivity index (χ1) is 15.1. The van der Waals surface area contributed by atoms with Crippen molar-refractivity contribution in [3.63, 3.8) is 0 Å². The first-order valence-electron chi connectivity index (χ1n) is 12.1. The standard InChI is InChI=1S/C29H34N2/c1-2-7-21-16-22-8-6-15-29(19-21,20-22)28-18-25(23-9-4-3-5-10-23)17-27(31-28)24-11-13-26(30)14-12-24/h3-5,9-14,17-18,21-22H,2,6-8,15-16,19-20,30H2,1H3. The van der Waals surface area contributed by atoms with Gasteiger partial charge in [-0.15, -0.1) is 0 Å². The third kappa shape index (κ3) is 4.13. The van der Waals surface area contributed by atoms with Crippen LogP contribution in [-0.4, -0.2) is 4.98 Å². The SMILES string of the molecule is CCCC1CC2CCCC(c3cc(-c4ccccc4)cc(-c4ccc(N)cc4)n3)(C1)C2. The zero-order chi connectivity index (χ0) is 21.3. The van der Waals surface area contributed by atoms with Crippen molar-refractivity contribution in [2.24, 2.45) is 11.8 Å². The zero-order valence-corrected chi connectivity index (χ0v) is 18.7. The Balaban J connectivity index is 1.63. The van der Waals surface area contributed by atoms with Crippen LogP contribution >= 0.6 is 0 Å². The average Bonchev–Trinajstić information content (AvgIpc) is 2.80. The molecule has 5 rings (SSSR count). The van der Waals surface area contributed by atoms with Gasteiger partial charge in [0.15, 0.2) is 0 Å². The molecule has 0 spiro atoms. The summed E-state index contributed by atoms with van der Waals surface area (Å²) in [6, 6.07) is 23.6. The molecule has 0 radical (unpaired) electrons. The van der Waals surface area contributed by atoms with Crippen LogP contribution in [0.15, 0.2) is 66.7 Å². The minimum atomic E-state index is 0.244. The highest BCUT2D eigenvalue weighted by Gasteiger charge is 2.45. The van der Waals surface area contributed by atoms with Crippen molar-refractivity contribution in [3.8, 4) is 22.4 Å². The van der Waals surface area contributed by atoms with E-state index in [4.69, 9.17) is 10.7 Å². The molecule has 2 bridgehead atoms. The van der Waals surface area contributed by atoms with E-state index < -0.39 is 0 Å². The molecule has 2 aromatic carbocycles. The van der Waals surface area contributed by atoms with Crippen LogP contribution in [0.1, 0.15) is 64.0 Å². The van der Waals surface area contributed by atoms with Crippen molar-refractivity contribution in [1.29, 1.82) is 0 Å². The molecule has 2 aliphatic rings. The summed E-state index contributed by atoms with van der Waals surface area (Å²) in [7, 11) is 0. The lowest BCUT2D eigenvalue weighted by Crippen LogP contribution is -2.41. The Morgan fingerprint density at radius 3 is 2.52 bits per heavy atom. The minimum Gasteiger partial charge on any atom is -0.399 e. The molecule has 2 nitrogen and oxygen atoms in total. The van der Waals surface area contributed by atoms with Gasteiger partial charge >= 0.3 is 0 Å². The summed E-state index contributed by atoms with van der Waals surface area (Å²) in [5.74, 6) is 1.73. The van der Waals surface area contributed by atoms with Crippen molar-refractivity contribution >= 4 is 5.69 Å². The summed E-state index contributed by atoms with van der Waals surface area (Å²) in [5.41, 5.74) is 13.1. The van der Waals surface area contributed by atoms with E-state index in [1.54, 1.807) is 0 Å². The van der Waals surface area contributed by atoms with Gasteiger partial charge in [0.1, 0.15) is 0 Å². The Kier molecular flexibility index (Phi) is 5.56. The maximum Gasteiger partial charge on any atom is 0.0711 e. The predicted octanol–water partition coefficient (Wildman–Crippen LogP) is 7.64. The third-order valence-electron chi connectivity index (χ3n) is 7.67. The Hall–Kier alpha value is -2.61. The number of aromatic nitrogens is 1. The molecular weight excluding hydrogens is 376 g/mol. The van der Waals surface area contributed by atoms with Crippen LogP contribution < -0.4 is 5.73 Å². The Morgan fingerprint density at radius 2 is 1.74 bits per heavy atom. The molecule has 2 N–H and O–H groups in total. The molecule has 2 fully saturated rings. The number of nitrogen functional groups attached to an aromatic ring is 1. The van der Waals surface area contributed by atoms with Crippen LogP contribution in [0.5, 0.6) is 0 Å². The highest BCUT2D eigenvalue weighted by Crippen LogP contribution is 2.53. The monoisotopic (exact) mass is 410 g/mol. The number of fused-ring (bicyclic) bond motifs is 2. The van der Waals surface area contributed by atoms with Crippen molar-refractivity contribution in [1.82, 2.24) is 4.98 Å². The molecule has 2 heteroatoms. The molecule has 2 aliphatic carbocycles. The average molecular weight is 411 g/mol. The quantitative estimate of drug-likeness (QED) is 0.439. The topological polar surface area (TPSA) is 38.9 Å². The Bertz CT molecular complexity index is 1020. The molecule has 3 unspecified atom stereocenters. The fraction of sp³-hybridized carbons (Fsp3) is 0.414. The van der Waals surface area contributed by atoms with Gasteiger partial charge in [0.2, 0.25) is 0 Å². The molecular formula is C29H34N2. The van der Waals surface area contributed by atoms with Crippen molar-refractivity contribution in [2.75, 3.05) is 5.73 Å². The summed E-state index contributed by atoms with van der Waals surface area (Å²) >= 11 is 0. The molecule has 31 heavy (non-hydrogen) atoms. The van der Waals surface area contributed by atoms with Crippen molar-refractivity contribution < 1.29 is 0 Å². The fourth-order valence-electron chi connectivity index (χ4n) is 6.35. The summed E-state index contributed by atoms with van der Waals surface area (Å²) in [6.45, 7) is 2.34. The Labute approximate surface area is 186 Å². The van der Waals surface area contributed by atoms with Crippen molar-refractivity contribution in [2.45, 2.75) is 63.7 Å². The van der Waals surface area contributed by atoms with E-state index in [0.717, 1.165) is 28.8 Å². The van der Waals surface area contributed by atoms with Crippen LogP contribution in [-0.2, 0) is 5.41 Å². The van der Waals surface area contributed by atoms with Gasteiger partial charge in [-0.25, -0.2) is 0 Å². The number of benzene rings is 2. The number of nitrogens with two attached hydrogens (primary N) is 1. The Morgan fingerprint density at radius 1 is 0.935 bits per heavy atom. The van der Waals surface area contributed by atoms with E-state index in [2.05, 4.69) is 61.5 Å². The summed E-state index contributed by atoms with van der Waals surface area (Å²) in [6.07, 6.45) is 10.8. The van der Waals surface area contributed by atoms with Gasteiger partial charge < -0.3 is 5.73 Å². The number of nitrogens with zero attached hydrogens (tertiary/aromatic N) is 1. The molecule has 160 valence electrons. The first kappa shape index (κ1) is 20.3. The van der Waals surface area contributed by atoms with Crippen LogP contribution in [0.2, 0.25) is 0 Å². The van der Waals surface area contributed by atoms with Crippen LogP contribution in [0.25, 0.3) is 22.4 Å². The van der Waals surface area contributed by atoms with Gasteiger partial charge in [0, 0.05) is 22.4 Å². The number of hydrogen-bond acceptors (Lipinski definition) is 2. The second kappa shape index (κ2) is 8.49. The van der Waals surface area contributed by atoms with Crippen LogP contribution in [0.3, 0.4) is 0 Å². The summed E-state index contributed by atoms with van der Waals surface area (Å²) in [5, 5.41) is 0. The first-order valence-corrected chi connectivity index (χ1v) is 12.1. The molecule has 1 heterocycles. The van der Waals surface area contributed by atoms with Gasteiger partial charge in [0.05, 0.1) is 5.69 Å².